The van der Waals surface area contributed by atoms with Crippen molar-refractivity contribution in [3.8, 4) is 0 Å². The third kappa shape index (κ3) is 2.19. The highest BCUT2D eigenvalue weighted by atomic mass is 32.3. The molecule has 0 aliphatic carbocycles. The van der Waals surface area contributed by atoms with Crippen LogP contribution in [0.3, 0.4) is 0 Å². The fraction of sp³-hybridized carbons (Fsp3) is 1.00. The summed E-state index contributed by atoms with van der Waals surface area (Å²) in [5.74, 6) is 0. The molecule has 0 aromatic rings. The fourth-order valence-corrected chi connectivity index (χ4v) is 4.11. The Morgan fingerprint density at radius 1 is 1.12 bits per heavy atom. The van der Waals surface area contributed by atoms with Crippen molar-refractivity contribution in [1.29, 1.82) is 0 Å². The minimum Gasteiger partial charge on any atom is -0.381 e. The van der Waals surface area contributed by atoms with Gasteiger partial charge in [0.2, 0.25) is 9.84 Å². The summed E-state index contributed by atoms with van der Waals surface area (Å²) in [6.45, 7) is -0.0725. The van der Waals surface area contributed by atoms with E-state index in [1.165, 1.54) is 0 Å². The predicted octanol–water partition coefficient (Wildman–Crippen LogP) is 0.0183. The molecule has 0 atom stereocenters. The summed E-state index contributed by atoms with van der Waals surface area (Å²) < 4.78 is 77.2. The van der Waals surface area contributed by atoms with Gasteiger partial charge in [0.1, 0.15) is 0 Å². The molecule has 1 heterocycles. The Kier molecular flexibility index (Phi) is 3.58. The fourth-order valence-electron chi connectivity index (χ4n) is 1.33. The molecule has 0 unspecified atom stereocenters. The normalized spacial score (nSPS) is 20.9. The predicted molar refractivity (Wildman–Crippen MR) is 49.3 cm³/mol. The Labute approximate surface area is 91.3 Å². The summed E-state index contributed by atoms with van der Waals surface area (Å²) in [5.41, 5.74) is 0. The van der Waals surface area contributed by atoms with Crippen LogP contribution < -0.4 is 0 Å². The van der Waals surface area contributed by atoms with Gasteiger partial charge in [0.25, 0.3) is 0 Å². The smallest absolute Gasteiger partial charge is 0.381 e. The standard InChI is InChI=1S/C6H10F2O6S2/c7-6(8,16(11,12)13)15(9,10)5-1-3-14-4-2-5/h5H,1-4H2,(H,11,12,13). The Morgan fingerprint density at radius 3 is 1.94 bits per heavy atom. The van der Waals surface area contributed by atoms with Gasteiger partial charge in [-0.15, -0.1) is 0 Å². The van der Waals surface area contributed by atoms with E-state index in [4.69, 9.17) is 9.29 Å². The minimum atomic E-state index is -5.97. The van der Waals surface area contributed by atoms with Gasteiger partial charge in [0.05, 0.1) is 5.25 Å². The number of alkyl halides is 2. The van der Waals surface area contributed by atoms with E-state index in [1.807, 2.05) is 0 Å². The van der Waals surface area contributed by atoms with Crippen molar-refractivity contribution in [3.05, 3.63) is 0 Å². The molecule has 1 fully saturated rings. The van der Waals surface area contributed by atoms with Crippen LogP contribution in [0, 0.1) is 0 Å². The second-order valence-electron chi connectivity index (χ2n) is 3.30. The molecule has 0 radical (unpaired) electrons. The molecule has 1 aliphatic rings. The van der Waals surface area contributed by atoms with E-state index in [9.17, 15) is 25.6 Å². The van der Waals surface area contributed by atoms with Crippen molar-refractivity contribution in [2.45, 2.75) is 22.7 Å². The molecule has 0 bridgehead atoms. The zero-order chi connectivity index (χ0) is 12.6. The molecule has 16 heavy (non-hydrogen) atoms. The Morgan fingerprint density at radius 2 is 1.56 bits per heavy atom. The van der Waals surface area contributed by atoms with E-state index in [0.717, 1.165) is 0 Å². The monoisotopic (exact) mass is 280 g/mol. The molecule has 0 aromatic heterocycles. The van der Waals surface area contributed by atoms with E-state index < -0.39 is 29.8 Å². The highest BCUT2D eigenvalue weighted by Crippen LogP contribution is 2.34. The van der Waals surface area contributed by atoms with Crippen LogP contribution in [0.1, 0.15) is 12.8 Å². The molecule has 0 amide bonds. The molecule has 6 nitrogen and oxygen atoms in total. The van der Waals surface area contributed by atoms with Crippen LogP contribution in [0.4, 0.5) is 8.78 Å². The van der Waals surface area contributed by atoms with Crippen LogP contribution in [0.5, 0.6) is 0 Å². The van der Waals surface area contributed by atoms with Gasteiger partial charge >= 0.3 is 14.7 Å². The number of sulfone groups is 1. The average Bonchev–Trinajstić information content (AvgIpc) is 2.17. The Bertz CT molecular complexity index is 447. The van der Waals surface area contributed by atoms with E-state index in [-0.39, 0.29) is 26.1 Å². The second kappa shape index (κ2) is 4.17. The maximum absolute atomic E-state index is 13.0. The summed E-state index contributed by atoms with van der Waals surface area (Å²) in [4.78, 5) is 0. The van der Waals surface area contributed by atoms with Gasteiger partial charge in [-0.2, -0.15) is 17.2 Å². The van der Waals surface area contributed by atoms with Crippen LogP contribution in [0.15, 0.2) is 0 Å². The van der Waals surface area contributed by atoms with Gasteiger partial charge in [-0.3, -0.25) is 4.55 Å². The van der Waals surface area contributed by atoms with Crippen LogP contribution in [-0.4, -0.2) is 44.4 Å². The third-order valence-corrected chi connectivity index (χ3v) is 6.18. The second-order valence-corrected chi connectivity index (χ2v) is 7.29. The van der Waals surface area contributed by atoms with Gasteiger partial charge in [-0.05, 0) is 12.8 Å². The molecule has 1 aliphatic heterocycles. The lowest BCUT2D eigenvalue weighted by Crippen LogP contribution is -2.45. The topological polar surface area (TPSA) is 97.7 Å². The molecule has 10 heteroatoms. The zero-order valence-electron chi connectivity index (χ0n) is 7.97. The van der Waals surface area contributed by atoms with Crippen molar-refractivity contribution >= 4 is 20.0 Å². The number of halogens is 2. The van der Waals surface area contributed by atoms with Gasteiger partial charge in [-0.25, -0.2) is 8.42 Å². The van der Waals surface area contributed by atoms with Gasteiger partial charge in [0, 0.05) is 13.2 Å². The van der Waals surface area contributed by atoms with Gasteiger partial charge in [0.15, 0.2) is 0 Å². The molecule has 0 saturated carbocycles. The van der Waals surface area contributed by atoms with Crippen LogP contribution in [0.2, 0.25) is 0 Å². The first kappa shape index (κ1) is 13.7. The van der Waals surface area contributed by atoms with Crippen molar-refractivity contribution in [3.63, 3.8) is 0 Å². The Balaban J connectivity index is 3.10. The van der Waals surface area contributed by atoms with Crippen LogP contribution >= 0.6 is 0 Å². The SMILES string of the molecule is O=S(=O)(O)C(F)(F)S(=O)(=O)C1CCOCC1. The average molecular weight is 280 g/mol. The van der Waals surface area contributed by atoms with E-state index in [0.29, 0.717) is 0 Å². The maximum atomic E-state index is 13.0. The van der Waals surface area contributed by atoms with E-state index in [1.54, 1.807) is 0 Å². The molecule has 0 spiro atoms. The van der Waals surface area contributed by atoms with Crippen molar-refractivity contribution in [1.82, 2.24) is 0 Å². The van der Waals surface area contributed by atoms with E-state index in [2.05, 4.69) is 0 Å². The summed E-state index contributed by atoms with van der Waals surface area (Å²) in [6.07, 6.45) is -0.430. The summed E-state index contributed by atoms with van der Waals surface area (Å²) in [6, 6.07) is 0. The minimum absolute atomic E-state index is 0.0363. The quantitative estimate of drug-likeness (QED) is 0.732. The highest BCUT2D eigenvalue weighted by Gasteiger charge is 2.60. The molecule has 0 aromatic carbocycles. The number of hydrogen-bond donors (Lipinski definition) is 1. The molecule has 96 valence electrons. The van der Waals surface area contributed by atoms with Crippen LogP contribution in [-0.2, 0) is 24.7 Å². The van der Waals surface area contributed by atoms with E-state index >= 15 is 0 Å². The molecular formula is C6H10F2O6S2. The lowest BCUT2D eigenvalue weighted by Gasteiger charge is -2.25. The maximum Gasteiger partial charge on any atom is 0.470 e. The summed E-state index contributed by atoms with van der Waals surface area (Å²) in [7, 11) is -11.2. The first-order valence-corrected chi connectivity index (χ1v) is 7.25. The summed E-state index contributed by atoms with van der Waals surface area (Å²) in [5, 5.41) is -1.52. The number of hydrogen-bond acceptors (Lipinski definition) is 5. The molecule has 1 rings (SSSR count). The molecule has 1 N–H and O–H groups in total. The zero-order valence-corrected chi connectivity index (χ0v) is 9.60. The summed E-state index contributed by atoms with van der Waals surface area (Å²) >= 11 is 0. The highest BCUT2D eigenvalue weighted by molar-refractivity contribution is 8.07. The van der Waals surface area contributed by atoms with Crippen molar-refractivity contribution in [2.24, 2.45) is 0 Å². The van der Waals surface area contributed by atoms with Gasteiger partial charge in [-0.1, -0.05) is 0 Å². The largest absolute Gasteiger partial charge is 0.470 e. The third-order valence-electron chi connectivity index (χ3n) is 2.24. The lowest BCUT2D eigenvalue weighted by molar-refractivity contribution is 0.0946. The number of ether oxygens (including phenoxy) is 1. The van der Waals surface area contributed by atoms with Crippen LogP contribution in [0.25, 0.3) is 0 Å². The Hall–Kier alpha value is -0.320. The molecule has 1 saturated heterocycles. The number of rotatable bonds is 3. The van der Waals surface area contributed by atoms with Gasteiger partial charge < -0.3 is 4.74 Å². The molecular weight excluding hydrogens is 270 g/mol. The van der Waals surface area contributed by atoms with Crippen molar-refractivity contribution in [2.75, 3.05) is 13.2 Å². The lowest BCUT2D eigenvalue weighted by atomic mass is 10.2. The first-order valence-electron chi connectivity index (χ1n) is 4.27. The first-order chi connectivity index (χ1) is 7.11. The van der Waals surface area contributed by atoms with Crippen molar-refractivity contribution < 1.29 is 34.9 Å².